The van der Waals surface area contributed by atoms with Crippen LogP contribution in [0, 0.1) is 6.92 Å². The zero-order valence-corrected chi connectivity index (χ0v) is 42.5. The van der Waals surface area contributed by atoms with Crippen LogP contribution < -0.4 is 20.6 Å². The van der Waals surface area contributed by atoms with Crippen LogP contribution in [0.15, 0.2) is 120 Å². The molecule has 0 atom stereocenters. The highest BCUT2D eigenvalue weighted by Gasteiger charge is 2.50. The number of fused-ring (bicyclic) bond motifs is 13. The van der Waals surface area contributed by atoms with Crippen molar-refractivity contribution in [3.63, 3.8) is 0 Å². The van der Waals surface area contributed by atoms with E-state index < -0.39 is 0 Å². The van der Waals surface area contributed by atoms with Gasteiger partial charge >= 0.3 is 6.85 Å². The first-order chi connectivity index (χ1) is 32.5. The maximum atomic E-state index is 7.32. The quantitative estimate of drug-likeness (QED) is 0.160. The molecule has 340 valence electrons. The van der Waals surface area contributed by atoms with Crippen LogP contribution in [0.4, 0.5) is 27.8 Å². The molecule has 9 aromatic rings. The predicted molar refractivity (Wildman–Crippen MR) is 294 cm³/mol. The number of anilines is 5. The highest BCUT2D eigenvalue weighted by Crippen LogP contribution is 2.57. The lowest BCUT2D eigenvalue weighted by atomic mass is 9.43. The first-order valence-electron chi connectivity index (χ1n) is 25.5. The third-order valence-electron chi connectivity index (χ3n) is 17.5. The molecule has 0 saturated heterocycles. The van der Waals surface area contributed by atoms with Crippen LogP contribution >= 0.6 is 11.3 Å². The van der Waals surface area contributed by atoms with Gasteiger partial charge < -0.3 is 9.23 Å². The summed E-state index contributed by atoms with van der Waals surface area (Å²) in [7, 11) is 0. The van der Waals surface area contributed by atoms with Gasteiger partial charge in [0.15, 0.2) is 5.58 Å². The van der Waals surface area contributed by atoms with Crippen LogP contribution in [0.1, 0.15) is 134 Å². The summed E-state index contributed by atoms with van der Waals surface area (Å²) >= 11 is 2.00. The second-order valence-electron chi connectivity index (χ2n) is 23.7. The third kappa shape index (κ3) is 5.96. The van der Waals surface area contributed by atoms with Crippen LogP contribution in [-0.2, 0) is 28.1 Å². The number of para-hydroxylation sites is 1. The minimum atomic E-state index is -0.126. The molecule has 0 spiro atoms. The molecule has 0 radical (unpaired) electrons. The molecule has 0 fully saturated rings. The Morgan fingerprint density at radius 2 is 1.21 bits per heavy atom. The van der Waals surface area contributed by atoms with Gasteiger partial charge in [0.2, 0.25) is 0 Å². The van der Waals surface area contributed by atoms with E-state index in [4.69, 9.17) is 4.42 Å². The van der Waals surface area contributed by atoms with Crippen molar-refractivity contribution in [1.82, 2.24) is 0 Å². The summed E-state index contributed by atoms with van der Waals surface area (Å²) in [6.07, 6.45) is 8.18. The molecular weight excluding hydrogens is 844 g/mol. The minimum Gasteiger partial charge on any atom is -0.454 e. The topological polar surface area (TPSA) is 19.6 Å². The molecule has 5 heteroatoms. The van der Waals surface area contributed by atoms with E-state index in [1.54, 1.807) is 0 Å². The van der Waals surface area contributed by atoms with Gasteiger partial charge in [-0.15, -0.1) is 11.3 Å². The van der Waals surface area contributed by atoms with Gasteiger partial charge in [0.1, 0.15) is 5.58 Å². The zero-order chi connectivity index (χ0) is 46.8. The number of thiophene rings is 1. The van der Waals surface area contributed by atoms with E-state index in [-0.39, 0.29) is 28.5 Å². The van der Waals surface area contributed by atoms with Gasteiger partial charge in [-0.2, -0.15) is 0 Å². The van der Waals surface area contributed by atoms with Gasteiger partial charge in [0.05, 0.1) is 16.4 Å². The first-order valence-corrected chi connectivity index (χ1v) is 26.3. The fourth-order valence-corrected chi connectivity index (χ4v) is 14.4. The Morgan fingerprint density at radius 3 is 1.90 bits per heavy atom. The molecule has 0 saturated carbocycles. The molecule has 4 heterocycles. The van der Waals surface area contributed by atoms with Crippen molar-refractivity contribution in [2.75, 3.05) is 9.71 Å². The van der Waals surface area contributed by atoms with Crippen molar-refractivity contribution >= 4 is 99.7 Å². The lowest BCUT2D eigenvalue weighted by Gasteiger charge is -2.46. The van der Waals surface area contributed by atoms with E-state index in [0.717, 1.165) is 29.4 Å². The lowest BCUT2D eigenvalue weighted by Crippen LogP contribution is -2.61. The molecule has 2 aromatic heterocycles. The summed E-state index contributed by atoms with van der Waals surface area (Å²) in [6, 6.07) is 45.2. The van der Waals surface area contributed by atoms with Crippen molar-refractivity contribution in [1.29, 1.82) is 0 Å². The number of unbranched alkanes of at least 4 members (excludes halogenated alkanes) is 1. The fourth-order valence-electron chi connectivity index (χ4n) is 13.1. The number of rotatable bonds is 5. The Kier molecular flexibility index (Phi) is 8.96. The summed E-state index contributed by atoms with van der Waals surface area (Å²) in [5.41, 5.74) is 21.1. The van der Waals surface area contributed by atoms with Gasteiger partial charge in [-0.05, 0) is 188 Å². The highest BCUT2D eigenvalue weighted by atomic mass is 32.1. The van der Waals surface area contributed by atoms with Crippen LogP contribution in [0.3, 0.4) is 0 Å². The Morgan fingerprint density at radius 1 is 0.588 bits per heavy atom. The van der Waals surface area contributed by atoms with Crippen LogP contribution in [-0.4, -0.2) is 6.85 Å². The summed E-state index contributed by atoms with van der Waals surface area (Å²) < 4.78 is 8.69. The summed E-state index contributed by atoms with van der Waals surface area (Å²) in [5.74, 6) is 0. The molecular formula is C63H63BN2OS. The maximum Gasteiger partial charge on any atom is 0.334 e. The maximum absolute atomic E-state index is 7.32. The average molecular weight is 907 g/mol. The Hall–Kier alpha value is -5.78. The van der Waals surface area contributed by atoms with Crippen molar-refractivity contribution < 1.29 is 4.42 Å². The van der Waals surface area contributed by atoms with Gasteiger partial charge in [-0.25, -0.2) is 0 Å². The zero-order valence-electron chi connectivity index (χ0n) is 41.7. The van der Waals surface area contributed by atoms with Gasteiger partial charge in [0.25, 0.3) is 0 Å². The molecule has 13 rings (SSSR count). The highest BCUT2D eigenvalue weighted by molar-refractivity contribution is 7.26. The third-order valence-corrected chi connectivity index (χ3v) is 18.6. The number of aryl methyl sites for hydroxylation is 2. The van der Waals surface area contributed by atoms with E-state index in [0.29, 0.717) is 0 Å². The standard InChI is InChI=1S/C63H63BN2OS/c1-11-12-17-38-22-24-41(25-23-38)66-52-32-40-19-14-13-18-39(40)31-43(52)44-33-45-42-20-15-16-21-53(42)67-58(45)57-55(44)64(66)56-46-34-48-50(63(9,10)29-27-61(48,5)6)36-54(46)68-59(56)65(57)51-35-49-47(30-37(51)2)60(3,4)26-28-62(49,7)8/h13-16,18-25,30-36H,11-12,17,26-29H2,1-10H3. The molecule has 4 aliphatic rings. The monoisotopic (exact) mass is 906 g/mol. The molecule has 0 amide bonds. The predicted octanol–water partition coefficient (Wildman–Crippen LogP) is 17.0. The van der Waals surface area contributed by atoms with Gasteiger partial charge in [-0.1, -0.05) is 129 Å². The number of hydrogen-bond donors (Lipinski definition) is 0. The Labute approximate surface area is 407 Å². The van der Waals surface area contributed by atoms with Crippen LogP contribution in [0.25, 0.3) is 53.9 Å². The smallest absolute Gasteiger partial charge is 0.334 e. The molecule has 0 bridgehead atoms. The average Bonchev–Trinajstić information content (AvgIpc) is 3.89. The second-order valence-corrected chi connectivity index (χ2v) is 24.7. The number of hydrogen-bond acceptors (Lipinski definition) is 4. The van der Waals surface area contributed by atoms with Crippen molar-refractivity contribution in [3.8, 4) is 11.1 Å². The summed E-state index contributed by atoms with van der Waals surface area (Å²) in [6.45, 7) is 24.3. The fraction of sp³-hybridized carbons (Fsp3) is 0.333. The normalized spacial score (nSPS) is 18.2. The summed E-state index contributed by atoms with van der Waals surface area (Å²) in [5, 5.41) is 7.54. The first kappa shape index (κ1) is 42.3. The molecule has 2 aliphatic heterocycles. The lowest BCUT2D eigenvalue weighted by molar-refractivity contribution is 0.332. The Balaban J connectivity index is 1.22. The van der Waals surface area contributed by atoms with Crippen molar-refractivity contribution in [2.45, 2.75) is 136 Å². The number of furan rings is 1. The molecule has 3 nitrogen and oxygen atoms in total. The largest absolute Gasteiger partial charge is 0.454 e. The van der Waals surface area contributed by atoms with Crippen molar-refractivity contribution in [3.05, 3.63) is 149 Å². The SMILES string of the molecule is CCCCc1ccc(N2B3c4c(cc5c(oc6ccccc65)c4N(c4cc5c(cc4C)C(C)(C)CCC5(C)C)c4sc5cc6c(cc5c43)C(C)(C)CCC6(C)C)-c3cc4ccccc4cc32)cc1. The van der Waals surface area contributed by atoms with Gasteiger partial charge in [0, 0.05) is 32.4 Å². The van der Waals surface area contributed by atoms with E-state index >= 15 is 0 Å². The molecule has 2 aliphatic carbocycles. The second kappa shape index (κ2) is 14.4. The van der Waals surface area contributed by atoms with E-state index in [2.05, 4.69) is 194 Å². The molecule has 0 N–H and O–H groups in total. The van der Waals surface area contributed by atoms with E-state index in [9.17, 15) is 0 Å². The van der Waals surface area contributed by atoms with E-state index in [1.165, 1.54) is 142 Å². The van der Waals surface area contributed by atoms with Crippen molar-refractivity contribution in [2.24, 2.45) is 0 Å². The number of benzene rings is 7. The van der Waals surface area contributed by atoms with Gasteiger partial charge in [-0.3, -0.25) is 4.90 Å². The van der Waals surface area contributed by atoms with E-state index in [1.807, 2.05) is 11.3 Å². The summed E-state index contributed by atoms with van der Waals surface area (Å²) in [4.78, 5) is 5.44. The molecule has 0 unspecified atom stereocenters. The molecule has 68 heavy (non-hydrogen) atoms. The van der Waals surface area contributed by atoms with Crippen LogP contribution in [0.5, 0.6) is 0 Å². The minimum absolute atomic E-state index is 0.0374. The Bertz CT molecular complexity index is 3600. The number of nitrogens with zero attached hydrogens (tertiary/aromatic N) is 2. The van der Waals surface area contributed by atoms with Crippen LogP contribution in [0.2, 0.25) is 0 Å². The molecule has 7 aromatic carbocycles.